The van der Waals surface area contributed by atoms with Gasteiger partial charge in [0.15, 0.2) is 0 Å². The quantitative estimate of drug-likeness (QED) is 0.0974. The number of benzene rings is 7. The molecular weight excluding hydrogens is 837 g/mol. The molecule has 0 saturated heterocycles. The molecule has 0 unspecified atom stereocenters. The van der Waals surface area contributed by atoms with Gasteiger partial charge in [-0.25, -0.2) is 0 Å². The van der Waals surface area contributed by atoms with E-state index < -0.39 is 0 Å². The van der Waals surface area contributed by atoms with E-state index in [1.165, 1.54) is 117 Å². The third-order valence-corrected chi connectivity index (χ3v) is 14.8. The summed E-state index contributed by atoms with van der Waals surface area (Å²) in [6.45, 7) is 37.5. The highest BCUT2D eigenvalue weighted by atomic mass is 32.1. The second-order valence-corrected chi connectivity index (χ2v) is 22.4. The normalized spacial score (nSPS) is 12.1. The first-order valence-corrected chi connectivity index (χ1v) is 26.5. The number of thiol groups is 1. The van der Waals surface area contributed by atoms with E-state index >= 15 is 0 Å². The summed E-state index contributed by atoms with van der Waals surface area (Å²) in [4.78, 5) is 0. The lowest BCUT2D eigenvalue weighted by molar-refractivity contribution is 0.836. The van der Waals surface area contributed by atoms with Crippen molar-refractivity contribution >= 4 is 12.6 Å². The molecule has 0 aliphatic carbocycles. The molecule has 0 saturated carbocycles. The van der Waals surface area contributed by atoms with Crippen molar-refractivity contribution < 1.29 is 0 Å². The Balaban J connectivity index is 1.61. The standard InChI is InChI=1S/C67H80S/c1-39(2)53-22-17-23-54(40(3)4)64(53)49-32-47(33-50(36-49)65-55(41(5)6)24-18-25-56(65)42(7)8)61-30-21-31-62(63(61)38-68)48-34-51(66-57(43(9)10)26-19-27-58(66)44(11)12)37-52(35-48)67-59(45(13)14)28-20-29-60(67)46(15)16/h17-37,39-46,68H,38H2,1-16H3. The van der Waals surface area contributed by atoms with Crippen molar-refractivity contribution in [2.75, 3.05) is 0 Å². The molecule has 7 rings (SSSR count). The van der Waals surface area contributed by atoms with Gasteiger partial charge in [0.2, 0.25) is 0 Å². The van der Waals surface area contributed by atoms with Crippen molar-refractivity contribution in [2.24, 2.45) is 0 Å². The van der Waals surface area contributed by atoms with Crippen LogP contribution in [-0.4, -0.2) is 0 Å². The Hall–Kier alpha value is -5.11. The molecule has 68 heavy (non-hydrogen) atoms. The van der Waals surface area contributed by atoms with Crippen molar-refractivity contribution in [3.05, 3.63) is 177 Å². The van der Waals surface area contributed by atoms with Crippen molar-refractivity contribution in [1.29, 1.82) is 0 Å². The summed E-state index contributed by atoms with van der Waals surface area (Å²) in [7, 11) is 0. The van der Waals surface area contributed by atoms with Crippen LogP contribution in [0.25, 0.3) is 66.8 Å². The van der Waals surface area contributed by atoms with Crippen molar-refractivity contribution in [2.45, 2.75) is 164 Å². The zero-order valence-corrected chi connectivity index (χ0v) is 45.3. The molecule has 0 radical (unpaired) electrons. The zero-order chi connectivity index (χ0) is 49.3. The summed E-state index contributed by atoms with van der Waals surface area (Å²) in [5.41, 5.74) is 28.1. The van der Waals surface area contributed by atoms with Crippen molar-refractivity contribution in [3.8, 4) is 66.8 Å². The monoisotopic (exact) mass is 917 g/mol. The van der Waals surface area contributed by atoms with Gasteiger partial charge in [0.25, 0.3) is 0 Å². The van der Waals surface area contributed by atoms with Crippen LogP contribution in [0.1, 0.15) is 208 Å². The van der Waals surface area contributed by atoms with Crippen LogP contribution in [-0.2, 0) is 5.75 Å². The third-order valence-electron chi connectivity index (χ3n) is 14.5. The molecule has 0 bridgehead atoms. The van der Waals surface area contributed by atoms with E-state index in [4.69, 9.17) is 12.6 Å². The Kier molecular flexibility index (Phi) is 15.9. The Bertz CT molecular complexity index is 2430. The van der Waals surface area contributed by atoms with E-state index in [0.29, 0.717) is 53.1 Å². The Morgan fingerprint density at radius 2 is 0.441 bits per heavy atom. The Morgan fingerprint density at radius 3 is 0.618 bits per heavy atom. The van der Waals surface area contributed by atoms with Gasteiger partial charge >= 0.3 is 0 Å². The smallest absolute Gasteiger partial charge is 0.0166 e. The van der Waals surface area contributed by atoms with E-state index in [9.17, 15) is 0 Å². The van der Waals surface area contributed by atoms with Crippen LogP contribution in [0.4, 0.5) is 0 Å². The molecule has 0 heterocycles. The highest BCUT2D eigenvalue weighted by molar-refractivity contribution is 7.79. The lowest BCUT2D eigenvalue weighted by Gasteiger charge is -2.25. The fourth-order valence-electron chi connectivity index (χ4n) is 11.0. The van der Waals surface area contributed by atoms with E-state index in [2.05, 4.69) is 238 Å². The lowest BCUT2D eigenvalue weighted by Crippen LogP contribution is -2.03. The average Bonchev–Trinajstić information content (AvgIpc) is 3.32. The van der Waals surface area contributed by atoms with Crippen LogP contribution in [0.5, 0.6) is 0 Å². The molecular formula is C67H80S. The van der Waals surface area contributed by atoms with Crippen LogP contribution in [0.3, 0.4) is 0 Å². The summed E-state index contributed by atoms with van der Waals surface area (Å²) in [5.74, 6) is 3.58. The molecule has 0 N–H and O–H groups in total. The van der Waals surface area contributed by atoms with Gasteiger partial charge in [-0.1, -0.05) is 202 Å². The maximum absolute atomic E-state index is 5.28. The Morgan fingerprint density at radius 1 is 0.265 bits per heavy atom. The van der Waals surface area contributed by atoms with Crippen LogP contribution in [0, 0.1) is 0 Å². The number of hydrogen-bond acceptors (Lipinski definition) is 1. The van der Waals surface area contributed by atoms with E-state index in [0.717, 1.165) is 0 Å². The highest BCUT2D eigenvalue weighted by Gasteiger charge is 2.25. The van der Waals surface area contributed by atoms with E-state index in [-0.39, 0.29) is 0 Å². The summed E-state index contributed by atoms with van der Waals surface area (Å²) < 4.78 is 0. The van der Waals surface area contributed by atoms with Gasteiger partial charge in [0.05, 0.1) is 0 Å². The Labute approximate surface area is 418 Å². The molecule has 0 aliphatic heterocycles. The minimum absolute atomic E-state index is 0.372. The average molecular weight is 917 g/mol. The molecule has 0 amide bonds. The molecule has 0 aromatic heterocycles. The second kappa shape index (κ2) is 21.3. The van der Waals surface area contributed by atoms with Gasteiger partial charge < -0.3 is 0 Å². The molecule has 0 spiro atoms. The third kappa shape index (κ3) is 10.1. The summed E-state index contributed by atoms with van der Waals surface area (Å²) in [6.07, 6.45) is 0. The second-order valence-electron chi connectivity index (χ2n) is 22.1. The molecule has 0 fully saturated rings. The largest absolute Gasteiger partial charge is 0.175 e. The van der Waals surface area contributed by atoms with Gasteiger partial charge in [0.1, 0.15) is 0 Å². The van der Waals surface area contributed by atoms with Gasteiger partial charge in [-0.2, -0.15) is 12.6 Å². The lowest BCUT2D eigenvalue weighted by atomic mass is 9.79. The van der Waals surface area contributed by atoms with Crippen LogP contribution in [0.2, 0.25) is 0 Å². The first kappa shape index (κ1) is 50.8. The molecule has 7 aromatic carbocycles. The van der Waals surface area contributed by atoms with Gasteiger partial charge in [0, 0.05) is 5.75 Å². The van der Waals surface area contributed by atoms with Crippen molar-refractivity contribution in [3.63, 3.8) is 0 Å². The number of hydrogen-bond donors (Lipinski definition) is 1. The topological polar surface area (TPSA) is 0 Å². The minimum atomic E-state index is 0.372. The van der Waals surface area contributed by atoms with Gasteiger partial charge in [-0.15, -0.1) is 0 Å². The SMILES string of the molecule is CC(C)c1cccc(C(C)C)c1-c1cc(-c2cccc(-c3cc(-c4c(C(C)C)cccc4C(C)C)cc(-c4c(C(C)C)cccc4C(C)C)c3)c2CS)cc(-c2c(C(C)C)cccc2C(C)C)c1. The van der Waals surface area contributed by atoms with Crippen LogP contribution < -0.4 is 0 Å². The minimum Gasteiger partial charge on any atom is -0.175 e. The maximum Gasteiger partial charge on any atom is 0.0166 e. The highest BCUT2D eigenvalue weighted by Crippen LogP contribution is 2.47. The van der Waals surface area contributed by atoms with E-state index in [1.54, 1.807) is 0 Å². The van der Waals surface area contributed by atoms with Gasteiger partial charge in [-0.05, 0) is 201 Å². The van der Waals surface area contributed by atoms with Crippen LogP contribution >= 0.6 is 12.6 Å². The molecule has 0 nitrogen and oxygen atoms in total. The summed E-state index contributed by atoms with van der Waals surface area (Å²) >= 11 is 5.28. The molecule has 0 aliphatic rings. The maximum atomic E-state index is 5.28. The predicted molar refractivity (Wildman–Crippen MR) is 304 cm³/mol. The fraction of sp³-hybridized carbons (Fsp3) is 0.373. The molecule has 354 valence electrons. The molecule has 7 aromatic rings. The fourth-order valence-corrected chi connectivity index (χ4v) is 11.3. The molecule has 0 atom stereocenters. The molecule has 1 heteroatoms. The van der Waals surface area contributed by atoms with Crippen molar-refractivity contribution in [1.82, 2.24) is 0 Å². The summed E-state index contributed by atoms with van der Waals surface area (Å²) in [6, 6.07) is 49.9. The first-order chi connectivity index (χ1) is 32.3. The van der Waals surface area contributed by atoms with Crippen LogP contribution in [0.15, 0.2) is 127 Å². The predicted octanol–water partition coefficient (Wildman–Crippen LogP) is 21.1. The first-order valence-electron chi connectivity index (χ1n) is 25.9. The van der Waals surface area contributed by atoms with Gasteiger partial charge in [-0.3, -0.25) is 0 Å². The number of rotatable bonds is 15. The summed E-state index contributed by atoms with van der Waals surface area (Å²) in [5, 5.41) is 0. The zero-order valence-electron chi connectivity index (χ0n) is 44.4. The van der Waals surface area contributed by atoms with E-state index in [1.807, 2.05) is 0 Å².